The molecular weight excluding hydrogens is 468 g/mol. The number of hydrogen-bond acceptors (Lipinski definition) is 8. The first-order chi connectivity index (χ1) is 17.6. The molecule has 3 rings (SSSR count). The Kier molecular flexibility index (Phi) is 11.8. The number of carbonyl (C=O) groups excluding carboxylic acids is 3. The number of ether oxygens (including phenoxy) is 5. The molecule has 0 bridgehead atoms. The van der Waals surface area contributed by atoms with Gasteiger partial charge in [0, 0.05) is 13.1 Å². The number of nitrogens with zero attached hydrogens (tertiary/aromatic N) is 2. The minimum Gasteiger partial charge on any atom is -0.377 e. The van der Waals surface area contributed by atoms with Crippen LogP contribution in [-0.2, 0) is 28.5 Å². The van der Waals surface area contributed by atoms with Crippen LogP contribution in [0.15, 0.2) is 24.3 Å². The molecule has 2 aliphatic heterocycles. The summed E-state index contributed by atoms with van der Waals surface area (Å²) in [7, 11) is 0. The van der Waals surface area contributed by atoms with E-state index in [1.165, 1.54) is 0 Å². The molecule has 1 aromatic carbocycles. The molecule has 36 heavy (non-hydrogen) atoms. The second kappa shape index (κ2) is 15.0. The van der Waals surface area contributed by atoms with E-state index in [1.807, 2.05) is 13.8 Å². The van der Waals surface area contributed by atoms with Crippen LogP contribution in [-0.4, -0.2) is 113 Å². The molecule has 2 aliphatic rings. The molecule has 0 radical (unpaired) electrons. The maximum atomic E-state index is 13.9. The number of carbonyl (C=O) groups is 3. The van der Waals surface area contributed by atoms with Crippen LogP contribution in [0, 0.1) is 5.92 Å². The Bertz CT molecular complexity index is 811. The van der Waals surface area contributed by atoms with Crippen molar-refractivity contribution in [2.45, 2.75) is 26.3 Å². The molecule has 0 spiro atoms. The van der Waals surface area contributed by atoms with E-state index in [1.54, 1.807) is 29.2 Å². The summed E-state index contributed by atoms with van der Waals surface area (Å²) >= 11 is 0. The van der Waals surface area contributed by atoms with Crippen LogP contribution in [0.4, 0.5) is 0 Å². The first kappa shape index (κ1) is 28.2. The SMILES string of the molecule is CC[C@H](C)[C@@H](C(=O)N1CCOCCOCCOCCOCCOCC1)N1C(=O)c2ccccc2C1=O. The van der Waals surface area contributed by atoms with Gasteiger partial charge >= 0.3 is 0 Å². The lowest BCUT2D eigenvalue weighted by molar-refractivity contribution is -0.139. The Hall–Kier alpha value is -2.37. The molecule has 0 aromatic heterocycles. The Balaban J connectivity index is 1.71. The lowest BCUT2D eigenvalue weighted by atomic mass is 9.96. The zero-order chi connectivity index (χ0) is 25.8. The molecule has 0 aliphatic carbocycles. The predicted molar refractivity (Wildman–Crippen MR) is 131 cm³/mol. The van der Waals surface area contributed by atoms with Gasteiger partial charge in [-0.2, -0.15) is 0 Å². The van der Waals surface area contributed by atoms with Gasteiger partial charge in [-0.05, 0) is 18.1 Å². The highest BCUT2D eigenvalue weighted by atomic mass is 16.6. The molecule has 0 unspecified atom stereocenters. The van der Waals surface area contributed by atoms with Gasteiger partial charge in [-0.1, -0.05) is 32.4 Å². The van der Waals surface area contributed by atoms with E-state index < -0.39 is 17.9 Å². The van der Waals surface area contributed by atoms with Gasteiger partial charge in [0.15, 0.2) is 0 Å². The van der Waals surface area contributed by atoms with Crippen LogP contribution in [0.1, 0.15) is 41.0 Å². The molecular formula is C26H38N2O8. The highest BCUT2D eigenvalue weighted by Crippen LogP contribution is 2.29. The average Bonchev–Trinajstić information content (AvgIpc) is 3.14. The molecule has 1 saturated heterocycles. The predicted octanol–water partition coefficient (Wildman–Crippen LogP) is 1.62. The molecule has 3 amide bonds. The summed E-state index contributed by atoms with van der Waals surface area (Å²) in [5, 5.41) is 0. The Morgan fingerprint density at radius 1 is 0.750 bits per heavy atom. The lowest BCUT2D eigenvalue weighted by Crippen LogP contribution is -2.55. The van der Waals surface area contributed by atoms with Crippen molar-refractivity contribution < 1.29 is 38.1 Å². The molecule has 2 atom stereocenters. The summed E-state index contributed by atoms with van der Waals surface area (Å²) in [6, 6.07) is 5.78. The molecule has 10 heteroatoms. The van der Waals surface area contributed by atoms with Crippen LogP contribution >= 0.6 is 0 Å². The van der Waals surface area contributed by atoms with Crippen molar-refractivity contribution in [2.24, 2.45) is 5.92 Å². The first-order valence-electron chi connectivity index (χ1n) is 12.7. The second-order valence-corrected chi connectivity index (χ2v) is 8.74. The normalized spacial score (nSPS) is 21.4. The quantitative estimate of drug-likeness (QED) is 0.568. The van der Waals surface area contributed by atoms with E-state index in [2.05, 4.69) is 0 Å². The Labute approximate surface area is 212 Å². The molecule has 1 aromatic rings. The molecule has 0 N–H and O–H groups in total. The number of benzene rings is 1. The zero-order valence-corrected chi connectivity index (χ0v) is 21.3. The number of rotatable bonds is 4. The number of hydrogen-bond donors (Lipinski definition) is 0. The molecule has 200 valence electrons. The van der Waals surface area contributed by atoms with Gasteiger partial charge in [0.2, 0.25) is 5.91 Å². The summed E-state index contributed by atoms with van der Waals surface area (Å²) in [5.41, 5.74) is 0.667. The van der Waals surface area contributed by atoms with Gasteiger partial charge in [-0.25, -0.2) is 0 Å². The smallest absolute Gasteiger partial charge is 0.262 e. The summed E-state index contributed by atoms with van der Waals surface area (Å²) in [4.78, 5) is 43.0. The summed E-state index contributed by atoms with van der Waals surface area (Å²) in [5.74, 6) is -1.37. The Morgan fingerprint density at radius 3 is 1.53 bits per heavy atom. The van der Waals surface area contributed by atoms with Crippen LogP contribution < -0.4 is 0 Å². The maximum absolute atomic E-state index is 13.9. The topological polar surface area (TPSA) is 104 Å². The van der Waals surface area contributed by atoms with Gasteiger partial charge < -0.3 is 28.6 Å². The number of fused-ring (bicyclic) bond motifs is 1. The fourth-order valence-electron chi connectivity index (χ4n) is 4.14. The molecule has 10 nitrogen and oxygen atoms in total. The summed E-state index contributed by atoms with van der Waals surface area (Å²) < 4.78 is 27.7. The van der Waals surface area contributed by atoms with Gasteiger partial charge in [-0.15, -0.1) is 0 Å². The van der Waals surface area contributed by atoms with Crippen molar-refractivity contribution in [3.8, 4) is 0 Å². The van der Waals surface area contributed by atoms with Crippen LogP contribution in [0.3, 0.4) is 0 Å². The van der Waals surface area contributed by atoms with E-state index >= 15 is 0 Å². The summed E-state index contributed by atoms with van der Waals surface area (Å²) in [6.07, 6.45) is 0.628. The van der Waals surface area contributed by atoms with Crippen LogP contribution in [0.2, 0.25) is 0 Å². The summed E-state index contributed by atoms with van der Waals surface area (Å²) in [6.45, 7) is 8.53. The van der Waals surface area contributed by atoms with Gasteiger partial charge in [0.25, 0.3) is 11.8 Å². The third-order valence-corrected chi connectivity index (χ3v) is 6.35. The van der Waals surface area contributed by atoms with Crippen LogP contribution in [0.25, 0.3) is 0 Å². The lowest BCUT2D eigenvalue weighted by Gasteiger charge is -2.34. The van der Waals surface area contributed by atoms with Crippen molar-refractivity contribution in [3.05, 3.63) is 35.4 Å². The first-order valence-corrected chi connectivity index (χ1v) is 12.7. The van der Waals surface area contributed by atoms with Crippen molar-refractivity contribution in [1.29, 1.82) is 0 Å². The minimum absolute atomic E-state index is 0.224. The van der Waals surface area contributed by atoms with E-state index in [0.717, 1.165) is 4.90 Å². The molecule has 1 fully saturated rings. The maximum Gasteiger partial charge on any atom is 0.262 e. The molecule has 2 heterocycles. The standard InChI is InChI=1S/C26H38N2O8/c1-3-20(2)23(28-24(29)21-6-4-5-7-22(21)25(28)30)26(31)27-8-10-32-12-14-34-16-18-36-19-17-35-15-13-33-11-9-27/h4-7,20,23H,3,8-19H2,1-2H3/t20-,23-/m0/s1. The fourth-order valence-corrected chi connectivity index (χ4v) is 4.14. The van der Waals surface area contributed by atoms with E-state index in [0.29, 0.717) is 96.7 Å². The fraction of sp³-hybridized carbons (Fsp3) is 0.654. The van der Waals surface area contributed by atoms with Crippen molar-refractivity contribution >= 4 is 17.7 Å². The van der Waals surface area contributed by atoms with Crippen LogP contribution in [0.5, 0.6) is 0 Å². The van der Waals surface area contributed by atoms with Gasteiger partial charge in [-0.3, -0.25) is 19.3 Å². The van der Waals surface area contributed by atoms with Crippen molar-refractivity contribution in [2.75, 3.05) is 79.2 Å². The van der Waals surface area contributed by atoms with E-state index in [-0.39, 0.29) is 11.8 Å². The van der Waals surface area contributed by atoms with E-state index in [4.69, 9.17) is 23.7 Å². The number of imide groups is 1. The third kappa shape index (κ3) is 7.57. The minimum atomic E-state index is -0.910. The highest BCUT2D eigenvalue weighted by Gasteiger charge is 2.45. The number of amides is 3. The van der Waals surface area contributed by atoms with Gasteiger partial charge in [0.1, 0.15) is 6.04 Å². The van der Waals surface area contributed by atoms with Crippen molar-refractivity contribution in [1.82, 2.24) is 9.80 Å². The van der Waals surface area contributed by atoms with Gasteiger partial charge in [0.05, 0.1) is 77.2 Å². The third-order valence-electron chi connectivity index (χ3n) is 6.35. The monoisotopic (exact) mass is 506 g/mol. The van der Waals surface area contributed by atoms with Crippen molar-refractivity contribution in [3.63, 3.8) is 0 Å². The zero-order valence-electron chi connectivity index (χ0n) is 21.3. The average molecular weight is 507 g/mol. The molecule has 0 saturated carbocycles. The largest absolute Gasteiger partial charge is 0.377 e. The second-order valence-electron chi connectivity index (χ2n) is 8.74. The van der Waals surface area contributed by atoms with E-state index in [9.17, 15) is 14.4 Å². The Morgan fingerprint density at radius 2 is 1.14 bits per heavy atom. The highest BCUT2D eigenvalue weighted by molar-refractivity contribution is 6.22.